The third-order valence-electron chi connectivity index (χ3n) is 3.71. The monoisotopic (exact) mass is 335 g/mol. The van der Waals surface area contributed by atoms with Gasteiger partial charge in [0, 0.05) is 6.54 Å². The van der Waals surface area contributed by atoms with E-state index in [2.05, 4.69) is 44.9 Å². The summed E-state index contributed by atoms with van der Waals surface area (Å²) in [7, 11) is 0. The molecule has 0 radical (unpaired) electrons. The molecular formula is C19H21N5O. The molecule has 0 aliphatic heterocycles. The van der Waals surface area contributed by atoms with Gasteiger partial charge in [-0.3, -0.25) is 0 Å². The second-order valence-electron chi connectivity index (χ2n) is 5.50. The smallest absolute Gasteiger partial charge is 0.244 e. The Morgan fingerprint density at radius 3 is 2.68 bits per heavy atom. The van der Waals surface area contributed by atoms with Gasteiger partial charge in [-0.1, -0.05) is 36.4 Å². The summed E-state index contributed by atoms with van der Waals surface area (Å²) in [4.78, 5) is 4.46. The molecule has 0 fully saturated rings. The minimum Gasteiger partial charge on any atom is -0.492 e. The molecule has 3 rings (SSSR count). The number of aromatic nitrogens is 3. The van der Waals surface area contributed by atoms with Gasteiger partial charge in [0.05, 0.1) is 18.5 Å². The Labute approximate surface area is 147 Å². The van der Waals surface area contributed by atoms with E-state index >= 15 is 0 Å². The minimum atomic E-state index is 0.474. The van der Waals surface area contributed by atoms with E-state index < -0.39 is 0 Å². The van der Waals surface area contributed by atoms with E-state index in [1.807, 2.05) is 43.3 Å². The van der Waals surface area contributed by atoms with Crippen LogP contribution in [0.4, 0.5) is 17.5 Å². The molecule has 2 aromatic carbocycles. The highest BCUT2D eigenvalue weighted by Crippen LogP contribution is 2.26. The summed E-state index contributed by atoms with van der Waals surface area (Å²) in [6.07, 6.45) is 1.58. The standard InChI is InChI=1S/C19H21N5O/c1-3-25-17-11-7-6-10-16(17)22-18-13-21-24-19(23-18)20-12-15-9-5-4-8-14(15)2/h4-11,13H,3,12H2,1-2H3,(H2,20,22,23,24). The van der Waals surface area contributed by atoms with E-state index in [0.29, 0.717) is 24.9 Å². The van der Waals surface area contributed by atoms with Crippen molar-refractivity contribution in [2.45, 2.75) is 20.4 Å². The maximum absolute atomic E-state index is 5.62. The first-order chi connectivity index (χ1) is 12.3. The number of anilines is 3. The molecule has 6 nitrogen and oxygen atoms in total. The molecule has 0 unspecified atom stereocenters. The number of rotatable bonds is 7. The molecule has 6 heteroatoms. The molecule has 128 valence electrons. The fourth-order valence-electron chi connectivity index (χ4n) is 2.41. The van der Waals surface area contributed by atoms with Crippen molar-refractivity contribution in [1.29, 1.82) is 0 Å². The minimum absolute atomic E-state index is 0.474. The molecule has 0 atom stereocenters. The molecule has 2 N–H and O–H groups in total. The van der Waals surface area contributed by atoms with E-state index in [1.54, 1.807) is 6.20 Å². The van der Waals surface area contributed by atoms with Gasteiger partial charge in [0.15, 0.2) is 5.82 Å². The molecule has 1 aromatic heterocycles. The van der Waals surface area contributed by atoms with Crippen LogP contribution in [0.5, 0.6) is 5.75 Å². The summed E-state index contributed by atoms with van der Waals surface area (Å²) in [6.45, 7) is 5.28. The third kappa shape index (κ3) is 4.44. The van der Waals surface area contributed by atoms with Crippen LogP contribution in [0, 0.1) is 6.92 Å². The maximum atomic E-state index is 5.62. The number of hydrogen-bond donors (Lipinski definition) is 2. The highest BCUT2D eigenvalue weighted by molar-refractivity contribution is 5.63. The summed E-state index contributed by atoms with van der Waals surface area (Å²) in [5.41, 5.74) is 3.27. The second-order valence-corrected chi connectivity index (χ2v) is 5.50. The highest BCUT2D eigenvalue weighted by atomic mass is 16.5. The zero-order valence-corrected chi connectivity index (χ0v) is 14.4. The predicted molar refractivity (Wildman–Crippen MR) is 99.2 cm³/mol. The normalized spacial score (nSPS) is 10.3. The van der Waals surface area contributed by atoms with E-state index in [0.717, 1.165) is 11.4 Å². The van der Waals surface area contributed by atoms with E-state index in [4.69, 9.17) is 4.74 Å². The van der Waals surface area contributed by atoms with Gasteiger partial charge < -0.3 is 15.4 Å². The maximum Gasteiger partial charge on any atom is 0.244 e. The van der Waals surface area contributed by atoms with Crippen LogP contribution in [0.2, 0.25) is 0 Å². The van der Waals surface area contributed by atoms with Crippen LogP contribution >= 0.6 is 0 Å². The van der Waals surface area contributed by atoms with Crippen LogP contribution in [0.1, 0.15) is 18.1 Å². The van der Waals surface area contributed by atoms with E-state index in [1.165, 1.54) is 11.1 Å². The zero-order chi connectivity index (χ0) is 17.5. The van der Waals surface area contributed by atoms with Crippen molar-refractivity contribution in [2.75, 3.05) is 17.2 Å². The molecule has 3 aromatic rings. The van der Waals surface area contributed by atoms with Crippen LogP contribution in [0.25, 0.3) is 0 Å². The lowest BCUT2D eigenvalue weighted by Crippen LogP contribution is -2.07. The van der Waals surface area contributed by atoms with Crippen molar-refractivity contribution < 1.29 is 4.74 Å². The first-order valence-corrected chi connectivity index (χ1v) is 8.23. The summed E-state index contributed by atoms with van der Waals surface area (Å²) in [6, 6.07) is 15.9. The Hall–Kier alpha value is -3.15. The largest absolute Gasteiger partial charge is 0.492 e. The Kier molecular flexibility index (Phi) is 5.41. The topological polar surface area (TPSA) is 72.0 Å². The molecule has 0 saturated carbocycles. The Bertz CT molecular complexity index is 837. The molecule has 0 aliphatic rings. The van der Waals surface area contributed by atoms with Crippen molar-refractivity contribution in [3.63, 3.8) is 0 Å². The molecule has 0 aliphatic carbocycles. The van der Waals surface area contributed by atoms with Crippen LogP contribution in [0.3, 0.4) is 0 Å². The van der Waals surface area contributed by atoms with Gasteiger partial charge in [-0.25, -0.2) is 0 Å². The van der Waals surface area contributed by atoms with E-state index in [9.17, 15) is 0 Å². The summed E-state index contributed by atoms with van der Waals surface area (Å²) in [5, 5.41) is 14.5. The first-order valence-electron chi connectivity index (χ1n) is 8.23. The number of nitrogens with zero attached hydrogens (tertiary/aromatic N) is 3. The van der Waals surface area contributed by atoms with Crippen molar-refractivity contribution in [3.05, 3.63) is 65.9 Å². The molecule has 25 heavy (non-hydrogen) atoms. The zero-order valence-electron chi connectivity index (χ0n) is 14.4. The Balaban J connectivity index is 1.71. The van der Waals surface area contributed by atoms with Gasteiger partial charge in [-0.15, -0.1) is 5.10 Å². The SMILES string of the molecule is CCOc1ccccc1Nc1cnnc(NCc2ccccc2C)n1. The summed E-state index contributed by atoms with van der Waals surface area (Å²) in [5.74, 6) is 1.86. The first kappa shape index (κ1) is 16.7. The van der Waals surface area contributed by atoms with Crippen molar-refractivity contribution in [3.8, 4) is 5.75 Å². The number of benzene rings is 2. The van der Waals surface area contributed by atoms with Crippen molar-refractivity contribution in [1.82, 2.24) is 15.2 Å². The lowest BCUT2D eigenvalue weighted by atomic mass is 10.1. The van der Waals surface area contributed by atoms with Gasteiger partial charge in [-0.2, -0.15) is 10.1 Å². The van der Waals surface area contributed by atoms with Gasteiger partial charge >= 0.3 is 0 Å². The lowest BCUT2D eigenvalue weighted by molar-refractivity contribution is 0.342. The van der Waals surface area contributed by atoms with Crippen LogP contribution < -0.4 is 15.4 Å². The molecule has 0 saturated heterocycles. The summed E-state index contributed by atoms with van der Waals surface area (Å²) < 4.78 is 5.62. The average Bonchev–Trinajstić information content (AvgIpc) is 2.63. The van der Waals surface area contributed by atoms with Crippen molar-refractivity contribution >= 4 is 17.5 Å². The lowest BCUT2D eigenvalue weighted by Gasteiger charge is -2.12. The number of nitrogens with one attached hydrogen (secondary N) is 2. The van der Waals surface area contributed by atoms with Crippen LogP contribution in [-0.4, -0.2) is 21.8 Å². The molecule has 1 heterocycles. The number of hydrogen-bond acceptors (Lipinski definition) is 6. The fourth-order valence-corrected chi connectivity index (χ4v) is 2.41. The Morgan fingerprint density at radius 2 is 1.84 bits per heavy atom. The number of aryl methyl sites for hydroxylation is 1. The summed E-state index contributed by atoms with van der Waals surface area (Å²) >= 11 is 0. The molecular weight excluding hydrogens is 314 g/mol. The van der Waals surface area contributed by atoms with Gasteiger partial charge in [-0.05, 0) is 37.1 Å². The second kappa shape index (κ2) is 8.10. The number of para-hydroxylation sites is 2. The van der Waals surface area contributed by atoms with Gasteiger partial charge in [0.25, 0.3) is 0 Å². The van der Waals surface area contributed by atoms with Crippen LogP contribution in [0.15, 0.2) is 54.7 Å². The quantitative estimate of drug-likeness (QED) is 0.681. The van der Waals surface area contributed by atoms with Crippen molar-refractivity contribution in [2.24, 2.45) is 0 Å². The highest BCUT2D eigenvalue weighted by Gasteiger charge is 2.06. The number of ether oxygens (including phenoxy) is 1. The molecule has 0 amide bonds. The molecule has 0 spiro atoms. The molecule has 0 bridgehead atoms. The van der Waals surface area contributed by atoms with Crippen LogP contribution in [-0.2, 0) is 6.54 Å². The van der Waals surface area contributed by atoms with Gasteiger partial charge in [0.2, 0.25) is 5.95 Å². The van der Waals surface area contributed by atoms with Gasteiger partial charge in [0.1, 0.15) is 5.75 Å². The van der Waals surface area contributed by atoms with E-state index in [-0.39, 0.29) is 0 Å². The third-order valence-corrected chi connectivity index (χ3v) is 3.71. The fraction of sp³-hybridized carbons (Fsp3) is 0.211. The Morgan fingerprint density at radius 1 is 1.04 bits per heavy atom. The predicted octanol–water partition coefficient (Wildman–Crippen LogP) is 3.93. The average molecular weight is 335 g/mol.